The smallest absolute Gasteiger partial charge is 0.303 e. The van der Waals surface area contributed by atoms with Gasteiger partial charge in [0, 0.05) is 155 Å². The number of anilines is 1. The van der Waals surface area contributed by atoms with Crippen LogP contribution in [0.2, 0.25) is 0 Å². The highest BCUT2D eigenvalue weighted by atomic mass is 32.2. The number of allylic oxidation sites excluding steroid dienone is 8. The van der Waals surface area contributed by atoms with E-state index < -0.39 is 292 Å². The van der Waals surface area contributed by atoms with Gasteiger partial charge in [-0.15, -0.1) is 0 Å². The van der Waals surface area contributed by atoms with Crippen LogP contribution in [0.25, 0.3) is 0 Å². The van der Waals surface area contributed by atoms with Crippen molar-refractivity contribution in [2.45, 2.75) is 242 Å². The molecule has 34 nitrogen and oxygen atoms in total. The lowest BCUT2D eigenvalue weighted by Gasteiger charge is -2.26. The van der Waals surface area contributed by atoms with Gasteiger partial charge in [0.15, 0.2) is 28.8 Å². The Balaban J connectivity index is 1.53. The minimum Gasteiger partial charge on any atom is -0.481 e. The molecule has 35 heteroatoms. The molecular formula is C82H109N6O28S+. The number of hydrogen-bond donors (Lipinski definition) is 13. The Labute approximate surface area is 677 Å². The molecule has 0 aromatic heterocycles. The monoisotopic (exact) mass is 1660 g/mol. The van der Waals surface area contributed by atoms with Crippen LogP contribution in [0, 0.1) is 30.6 Å². The minimum absolute atomic E-state index is 0.0347. The molecule has 2 aliphatic rings. The number of carbonyl (C=O) groups is 17. The molecule has 0 bridgehead atoms. The highest BCUT2D eigenvalue weighted by molar-refractivity contribution is 7.85. The summed E-state index contributed by atoms with van der Waals surface area (Å²) in [4.78, 5) is 222. The molecule has 117 heavy (non-hydrogen) atoms. The number of carbonyl (C=O) groups excluding carboxylic acids is 9. The molecule has 0 radical (unpaired) electrons. The van der Waals surface area contributed by atoms with E-state index in [1.54, 1.807) is 6.07 Å². The van der Waals surface area contributed by atoms with Gasteiger partial charge in [0.1, 0.15) is 18.1 Å². The predicted octanol–water partition coefficient (Wildman–Crippen LogP) is 7.34. The Bertz CT molecular complexity index is 4340. The van der Waals surface area contributed by atoms with E-state index in [4.69, 9.17) is 0 Å². The number of fused-ring (bicyclic) bond motifs is 2. The number of carboxylic acids is 8. The van der Waals surface area contributed by atoms with E-state index in [0.717, 1.165) is 24.9 Å². The number of nitrogens with one attached hydrogen (secondary N) is 4. The second kappa shape index (κ2) is 46.6. The lowest BCUT2D eigenvalue weighted by Crippen LogP contribution is -2.49. The molecule has 2 heterocycles. The Morgan fingerprint density at radius 1 is 0.462 bits per heavy atom. The van der Waals surface area contributed by atoms with Crippen LogP contribution in [0.3, 0.4) is 0 Å². The third-order valence-electron chi connectivity index (χ3n) is 20.8. The zero-order valence-corrected chi connectivity index (χ0v) is 67.6. The normalized spacial score (nSPS) is 15.9. The number of hydrogen-bond acceptors (Lipinski definition) is 21. The summed E-state index contributed by atoms with van der Waals surface area (Å²) in [5.74, 6) is -27.0. The molecule has 0 fully saturated rings. The molecule has 640 valence electrons. The highest BCUT2D eigenvalue weighted by Gasteiger charge is 2.46. The van der Waals surface area contributed by atoms with Crippen molar-refractivity contribution >= 4 is 127 Å². The third kappa shape index (κ3) is 32.2. The van der Waals surface area contributed by atoms with Crippen molar-refractivity contribution in [1.82, 2.24) is 21.3 Å². The van der Waals surface area contributed by atoms with E-state index >= 15 is 0 Å². The molecule has 3 amide bonds. The average molecular weight is 1660 g/mol. The van der Waals surface area contributed by atoms with Gasteiger partial charge >= 0.3 is 47.8 Å². The summed E-state index contributed by atoms with van der Waals surface area (Å²) >= 11 is 0. The fourth-order valence-corrected chi connectivity index (χ4v) is 14.7. The summed E-state index contributed by atoms with van der Waals surface area (Å²) in [6.07, 6.45) is 0.202. The van der Waals surface area contributed by atoms with E-state index in [-0.39, 0.29) is 23.2 Å². The number of likely N-dealkylation sites (N-methyl/N-ethyl adjacent to an activating group) is 1. The van der Waals surface area contributed by atoms with Gasteiger partial charge in [-0.3, -0.25) is 86.1 Å². The quantitative estimate of drug-likeness (QED) is 0.0133. The first-order chi connectivity index (χ1) is 54.8. The van der Waals surface area contributed by atoms with E-state index in [1.807, 2.05) is 54.9 Å². The van der Waals surface area contributed by atoms with Crippen LogP contribution < -0.4 is 26.2 Å². The number of benzene rings is 2. The van der Waals surface area contributed by atoms with Gasteiger partial charge in [0.05, 0.1) is 41.0 Å². The number of rotatable bonds is 58. The first-order valence-electron chi connectivity index (χ1n) is 38.7. The van der Waals surface area contributed by atoms with Crippen molar-refractivity contribution in [2.75, 3.05) is 24.5 Å². The number of Topliss-reactive ketones (excluding diaryl/α,β-unsaturated/α-hetero) is 6. The maximum atomic E-state index is 14.4. The predicted molar refractivity (Wildman–Crippen MR) is 421 cm³/mol. The Morgan fingerprint density at radius 3 is 1.27 bits per heavy atom. The van der Waals surface area contributed by atoms with Crippen molar-refractivity contribution in [3.63, 3.8) is 0 Å². The summed E-state index contributed by atoms with van der Waals surface area (Å²) < 4.78 is 36.7. The summed E-state index contributed by atoms with van der Waals surface area (Å²) in [7, 11) is -4.57. The molecular weight excluding hydrogens is 1550 g/mol. The van der Waals surface area contributed by atoms with Gasteiger partial charge < -0.3 is 67.0 Å². The van der Waals surface area contributed by atoms with Crippen LogP contribution in [0.5, 0.6) is 0 Å². The molecule has 13 N–H and O–H groups in total. The lowest BCUT2D eigenvalue weighted by molar-refractivity contribution is -0.438. The zero-order chi connectivity index (χ0) is 87.8. The fourth-order valence-electron chi connectivity index (χ4n) is 14.2. The maximum Gasteiger partial charge on any atom is 0.303 e. The van der Waals surface area contributed by atoms with Crippen LogP contribution in [0.15, 0.2) is 89.5 Å². The van der Waals surface area contributed by atoms with Gasteiger partial charge in [-0.2, -0.15) is 13.0 Å². The number of aryl methyl sites for hydroxylation is 1. The van der Waals surface area contributed by atoms with Crippen molar-refractivity contribution in [3.05, 3.63) is 101 Å². The van der Waals surface area contributed by atoms with Crippen LogP contribution >= 0.6 is 0 Å². The zero-order valence-electron chi connectivity index (χ0n) is 66.8. The number of amides is 3. The van der Waals surface area contributed by atoms with Crippen molar-refractivity contribution in [3.8, 4) is 0 Å². The minimum atomic E-state index is -4.57. The second-order valence-electron chi connectivity index (χ2n) is 30.4. The summed E-state index contributed by atoms with van der Waals surface area (Å²) in [5, 5.41) is 86.3. The SMILES string of the molecule is CCN1C(=CC=CC=CC=CC2=[N+](CCCCCC(=O)CN[C@H](CCC(=O)O)C(=O)C[C@H](CCC(=O)O)C(=O)N[C@H](CCC(=O)O)C(=O)C[C@H](CCC(=O)O)C(=O)N[C@H](CCC(=O)O)C(=O)C[C@H](CCC(=O)O)C(=O)N[C@H](CCC(=O)O)C(=O)C[C@H](CCC(=O)O)C(C)=O)c3ccc(S(=O)(=O)O)cc3C2(C)C)C(C)(C)c2cc(C)ccc21. The van der Waals surface area contributed by atoms with Crippen molar-refractivity contribution < 1.29 is 140 Å². The summed E-state index contributed by atoms with van der Waals surface area (Å²) in [6.45, 7) is 14.2. The van der Waals surface area contributed by atoms with Gasteiger partial charge in [-0.05, 0) is 129 Å². The molecule has 2 aliphatic heterocycles. The largest absolute Gasteiger partial charge is 0.481 e. The molecule has 2 aromatic rings. The van der Waals surface area contributed by atoms with E-state index in [1.165, 1.54) is 28.9 Å². The molecule has 0 spiro atoms. The highest BCUT2D eigenvalue weighted by Crippen LogP contribution is 2.48. The topological polar surface area (TPSA) is 561 Å². The number of aliphatic carboxylic acids is 8. The number of nitrogens with zero attached hydrogens (tertiary/aromatic N) is 2. The molecule has 4 rings (SSSR count). The molecule has 8 atom stereocenters. The van der Waals surface area contributed by atoms with Crippen LogP contribution in [-0.2, 0) is 102 Å². The van der Waals surface area contributed by atoms with Crippen molar-refractivity contribution in [2.24, 2.45) is 23.7 Å². The van der Waals surface area contributed by atoms with Gasteiger partial charge in [-0.25, -0.2) is 0 Å². The standard InChI is InChI=1S/C82H108N6O28S/c1-8-87-62-30-20-48(2)41-56(62)81(4,5)68(87)18-14-10-9-11-15-19-69-82(6,7)57-46-55(117(114,115)116)25-31-63(57)88(69)40-16-12-13-17-54(90)47-83-58(26-36-74(103)104)64(91)43-51(22-33-71(97)98)78(111)85-60(28-38-76(107)108)66(93)45-53(24-35-73(101)102)80(113)86-61(29-39-77(109)110)67(94)44-52(23-34-72(99)100)79(112)84-59(27-37-75(105)106)65(92)42-50(49(3)89)21-32-70(95)96/h9-11,14-15,18-20,25,30-31,41,46,50-53,58-61,83H,8,12-13,16-17,21-24,26-29,32-40,42-45,47H2,1-7H3,(H11-,84,85,86,95,96,97,98,99,100,101,102,103,104,105,106,107,108,109,110,111,112,113,114,115,116)/p+1/t50-,51-,52-,53-,58+,59+,60+,61+/m0/s1. The van der Waals surface area contributed by atoms with E-state index in [2.05, 4.69) is 78.1 Å². The molecule has 0 saturated heterocycles. The van der Waals surface area contributed by atoms with Gasteiger partial charge in [0.25, 0.3) is 10.1 Å². The molecule has 2 aromatic carbocycles. The molecule has 0 saturated carbocycles. The Hall–Kier alpha value is -11.1. The molecule has 0 aliphatic carbocycles. The Morgan fingerprint density at radius 2 is 0.855 bits per heavy atom. The maximum absolute atomic E-state index is 14.4. The van der Waals surface area contributed by atoms with Crippen molar-refractivity contribution in [1.29, 1.82) is 0 Å². The second-order valence-corrected chi connectivity index (χ2v) is 31.8. The number of ketones is 6. The van der Waals surface area contributed by atoms with Crippen LogP contribution in [0.4, 0.5) is 11.4 Å². The number of unbranched alkanes of at least 4 members (excludes halogenated alkanes) is 2. The first kappa shape index (κ1) is 98.3. The number of carboxylic acid groups (broad SMARTS) is 8. The average Bonchev–Trinajstić information content (AvgIpc) is 1.60. The summed E-state index contributed by atoms with van der Waals surface area (Å²) in [6, 6.07) is 3.87. The first-order valence-corrected chi connectivity index (χ1v) is 40.1. The van der Waals surface area contributed by atoms with E-state index in [9.17, 15) is 135 Å². The fraction of sp³-hybridized carbons (Fsp3) is 0.537. The van der Waals surface area contributed by atoms with Crippen LogP contribution in [0.1, 0.15) is 212 Å². The van der Waals surface area contributed by atoms with E-state index in [0.29, 0.717) is 37.1 Å². The van der Waals surface area contributed by atoms with Gasteiger partial charge in [0.2, 0.25) is 23.4 Å². The van der Waals surface area contributed by atoms with Gasteiger partial charge in [-0.1, -0.05) is 61.9 Å². The molecule has 0 unspecified atom stereocenters. The van der Waals surface area contributed by atoms with Crippen LogP contribution in [-0.4, -0.2) is 208 Å². The summed E-state index contributed by atoms with van der Waals surface area (Å²) in [5.41, 5.74) is 5.93. The Kier molecular flexibility index (Phi) is 39.2. The lowest BCUT2D eigenvalue weighted by atomic mass is 9.81. The third-order valence-corrected chi connectivity index (χ3v) is 21.6.